The molecule has 0 spiro atoms. The van der Waals surface area contributed by atoms with E-state index in [4.69, 9.17) is 0 Å². The minimum Gasteiger partial charge on any atom is -0.392 e. The van der Waals surface area contributed by atoms with Crippen molar-refractivity contribution in [2.75, 3.05) is 6.61 Å². The van der Waals surface area contributed by atoms with Crippen molar-refractivity contribution in [3.05, 3.63) is 36.0 Å². The third-order valence-corrected chi connectivity index (χ3v) is 4.05. The van der Waals surface area contributed by atoms with Crippen LogP contribution in [0.4, 0.5) is 0 Å². The third-order valence-electron chi connectivity index (χ3n) is 4.05. The Kier molecular flexibility index (Phi) is 4.55. The summed E-state index contributed by atoms with van der Waals surface area (Å²) in [5.41, 5.74) is 2.90. The topological polar surface area (TPSA) is 20.2 Å². The van der Waals surface area contributed by atoms with Crippen LogP contribution in [0.15, 0.2) is 36.0 Å². The van der Waals surface area contributed by atoms with E-state index in [0.29, 0.717) is 11.3 Å². The first-order valence-corrected chi connectivity index (χ1v) is 6.09. The van der Waals surface area contributed by atoms with Gasteiger partial charge < -0.3 is 5.11 Å². The van der Waals surface area contributed by atoms with Crippen LogP contribution < -0.4 is 0 Å². The van der Waals surface area contributed by atoms with E-state index < -0.39 is 0 Å². The summed E-state index contributed by atoms with van der Waals surface area (Å²) in [5, 5.41) is 9.18. The van der Waals surface area contributed by atoms with Gasteiger partial charge in [0.1, 0.15) is 0 Å². The lowest BCUT2D eigenvalue weighted by molar-refractivity contribution is 0.291. The Balaban J connectivity index is 2.60. The van der Waals surface area contributed by atoms with E-state index in [1.807, 2.05) is 6.08 Å². The predicted octanol–water partition coefficient (Wildman–Crippen LogP) is 3.86. The van der Waals surface area contributed by atoms with Gasteiger partial charge >= 0.3 is 0 Å². The van der Waals surface area contributed by atoms with Crippen LogP contribution in [0, 0.1) is 11.3 Å². The fraction of sp³-hybridized carbons (Fsp3) is 0.600. The molecule has 16 heavy (non-hydrogen) atoms. The number of aliphatic hydroxyl groups is 1. The molecule has 1 nitrogen and oxygen atoms in total. The highest BCUT2D eigenvalue weighted by molar-refractivity contribution is 5.19. The third kappa shape index (κ3) is 2.85. The van der Waals surface area contributed by atoms with Gasteiger partial charge in [0.15, 0.2) is 0 Å². The maximum Gasteiger partial charge on any atom is 0.0644 e. The highest BCUT2D eigenvalue weighted by Gasteiger charge is 2.33. The number of rotatable bonds is 5. The van der Waals surface area contributed by atoms with E-state index in [2.05, 4.69) is 39.5 Å². The molecule has 0 fully saturated rings. The summed E-state index contributed by atoms with van der Waals surface area (Å²) in [4.78, 5) is 0. The summed E-state index contributed by atoms with van der Waals surface area (Å²) in [6, 6.07) is 0. The predicted molar refractivity (Wildman–Crippen MR) is 70.2 cm³/mol. The Hall–Kier alpha value is -0.820. The molecule has 0 aliphatic heterocycles. The molecule has 0 heterocycles. The fourth-order valence-electron chi connectivity index (χ4n) is 2.30. The van der Waals surface area contributed by atoms with Crippen molar-refractivity contribution in [1.82, 2.24) is 0 Å². The smallest absolute Gasteiger partial charge is 0.0644 e. The highest BCUT2D eigenvalue weighted by atomic mass is 16.3. The average Bonchev–Trinajstić information content (AvgIpc) is 2.50. The van der Waals surface area contributed by atoms with Gasteiger partial charge in [0.25, 0.3) is 0 Å². The summed E-state index contributed by atoms with van der Waals surface area (Å²) in [7, 11) is 0. The van der Waals surface area contributed by atoms with Crippen molar-refractivity contribution >= 4 is 0 Å². The Morgan fingerprint density at radius 3 is 2.75 bits per heavy atom. The Morgan fingerprint density at radius 1 is 1.62 bits per heavy atom. The van der Waals surface area contributed by atoms with Gasteiger partial charge in [0.2, 0.25) is 0 Å². The molecule has 0 saturated heterocycles. The van der Waals surface area contributed by atoms with Crippen LogP contribution in [-0.4, -0.2) is 11.7 Å². The van der Waals surface area contributed by atoms with Crippen LogP contribution >= 0.6 is 0 Å². The molecule has 1 rings (SSSR count). The van der Waals surface area contributed by atoms with Crippen molar-refractivity contribution < 1.29 is 5.11 Å². The lowest BCUT2D eigenvalue weighted by Crippen LogP contribution is -2.19. The zero-order valence-corrected chi connectivity index (χ0v) is 10.8. The first-order valence-electron chi connectivity index (χ1n) is 6.09. The molecule has 1 aliphatic rings. The van der Waals surface area contributed by atoms with Crippen LogP contribution in [-0.2, 0) is 0 Å². The van der Waals surface area contributed by atoms with Crippen molar-refractivity contribution in [3.63, 3.8) is 0 Å². The molecular formula is C15H24O. The number of hydrogen-bond acceptors (Lipinski definition) is 1. The molecule has 90 valence electrons. The van der Waals surface area contributed by atoms with Gasteiger partial charge in [-0.3, -0.25) is 0 Å². The van der Waals surface area contributed by atoms with Crippen molar-refractivity contribution in [2.45, 2.75) is 40.0 Å². The molecule has 1 atom stereocenters. The molecule has 0 bridgehead atoms. The maximum absolute atomic E-state index is 9.18. The molecule has 0 unspecified atom stereocenters. The second-order valence-corrected chi connectivity index (χ2v) is 5.29. The largest absolute Gasteiger partial charge is 0.392 e. The van der Waals surface area contributed by atoms with Gasteiger partial charge in [-0.15, -0.1) is 6.58 Å². The number of aliphatic hydroxyl groups excluding tert-OH is 1. The minimum absolute atomic E-state index is 0.158. The molecule has 0 amide bonds. The van der Waals surface area contributed by atoms with Gasteiger partial charge in [-0.25, -0.2) is 0 Å². The number of hydrogen-bond donors (Lipinski definition) is 1. The Morgan fingerprint density at radius 2 is 2.31 bits per heavy atom. The van der Waals surface area contributed by atoms with Crippen LogP contribution in [0.3, 0.4) is 0 Å². The van der Waals surface area contributed by atoms with Crippen LogP contribution in [0.1, 0.15) is 40.0 Å². The first kappa shape index (κ1) is 13.2. The van der Waals surface area contributed by atoms with Crippen LogP contribution in [0.2, 0.25) is 0 Å². The SMILES string of the molecule is C=CCC(=CC[C@H]1CC=C(C)C1(C)C)CO. The average molecular weight is 220 g/mol. The van der Waals surface area contributed by atoms with E-state index in [9.17, 15) is 5.11 Å². The fourth-order valence-corrected chi connectivity index (χ4v) is 2.30. The molecule has 0 aromatic rings. The monoisotopic (exact) mass is 220 g/mol. The number of allylic oxidation sites excluding steroid dienone is 4. The summed E-state index contributed by atoms with van der Waals surface area (Å²) < 4.78 is 0. The van der Waals surface area contributed by atoms with Gasteiger partial charge in [0, 0.05) is 0 Å². The Bertz CT molecular complexity index is 307. The molecule has 0 radical (unpaired) electrons. The quantitative estimate of drug-likeness (QED) is 0.697. The molecule has 1 heteroatoms. The summed E-state index contributed by atoms with van der Waals surface area (Å²) in [5.74, 6) is 0.680. The molecule has 0 aromatic carbocycles. The summed E-state index contributed by atoms with van der Waals surface area (Å²) in [6.07, 6.45) is 9.43. The van der Waals surface area contributed by atoms with Crippen molar-refractivity contribution in [2.24, 2.45) is 11.3 Å². The van der Waals surface area contributed by atoms with E-state index >= 15 is 0 Å². The zero-order valence-electron chi connectivity index (χ0n) is 10.8. The van der Waals surface area contributed by atoms with E-state index in [1.54, 1.807) is 0 Å². The minimum atomic E-state index is 0.158. The van der Waals surface area contributed by atoms with Crippen molar-refractivity contribution in [3.8, 4) is 0 Å². The van der Waals surface area contributed by atoms with E-state index in [0.717, 1.165) is 18.4 Å². The maximum atomic E-state index is 9.18. The lowest BCUT2D eigenvalue weighted by Gasteiger charge is -2.29. The zero-order chi connectivity index (χ0) is 12.2. The second-order valence-electron chi connectivity index (χ2n) is 5.29. The van der Waals surface area contributed by atoms with Gasteiger partial charge in [-0.1, -0.05) is 37.6 Å². The molecule has 0 aromatic heterocycles. The van der Waals surface area contributed by atoms with E-state index in [-0.39, 0.29) is 6.61 Å². The Labute approximate surface area is 99.6 Å². The summed E-state index contributed by atoms with van der Waals surface area (Å²) in [6.45, 7) is 10.7. The van der Waals surface area contributed by atoms with Gasteiger partial charge in [-0.2, -0.15) is 0 Å². The molecule has 0 saturated carbocycles. The van der Waals surface area contributed by atoms with E-state index in [1.165, 1.54) is 12.0 Å². The standard InChI is InChI=1S/C15H24O/c1-5-6-13(11-16)8-10-14-9-7-12(2)15(14,3)4/h5,7-8,14,16H,1,6,9-11H2,2-4H3/t14-/m1/s1. The second kappa shape index (κ2) is 5.49. The van der Waals surface area contributed by atoms with Crippen molar-refractivity contribution in [1.29, 1.82) is 0 Å². The highest BCUT2D eigenvalue weighted by Crippen LogP contribution is 2.44. The molecular weight excluding hydrogens is 196 g/mol. The van der Waals surface area contributed by atoms with Gasteiger partial charge in [0.05, 0.1) is 6.61 Å². The lowest BCUT2D eigenvalue weighted by atomic mass is 9.76. The molecule has 1 N–H and O–H groups in total. The van der Waals surface area contributed by atoms with Gasteiger partial charge in [-0.05, 0) is 43.1 Å². The normalized spacial score (nSPS) is 24.4. The summed E-state index contributed by atoms with van der Waals surface area (Å²) >= 11 is 0. The first-order chi connectivity index (χ1) is 7.52. The van der Waals surface area contributed by atoms with Crippen LogP contribution in [0.5, 0.6) is 0 Å². The molecule has 1 aliphatic carbocycles. The van der Waals surface area contributed by atoms with Crippen LogP contribution in [0.25, 0.3) is 0 Å².